The minimum atomic E-state index is -1.04. The first-order valence-electron chi connectivity index (χ1n) is 4.30. The highest BCUT2D eigenvalue weighted by molar-refractivity contribution is 5.85. The monoisotopic (exact) mass is 231 g/mol. The van der Waals surface area contributed by atoms with Gasteiger partial charge in [-0.05, 0) is 5.56 Å². The van der Waals surface area contributed by atoms with E-state index in [4.69, 9.17) is 15.6 Å². The summed E-state index contributed by atoms with van der Waals surface area (Å²) in [7, 11) is 0. The predicted molar refractivity (Wildman–Crippen MR) is 59.0 cm³/mol. The topological polar surface area (TPSA) is 72.5 Å². The Kier molecular flexibility index (Phi) is 6.70. The van der Waals surface area contributed by atoms with Gasteiger partial charge in [0, 0.05) is 0 Å². The molecule has 0 fully saturated rings. The lowest BCUT2D eigenvalue weighted by atomic mass is 10.2. The first kappa shape index (κ1) is 13.9. The molecule has 4 nitrogen and oxygen atoms in total. The Morgan fingerprint density at radius 2 is 2.00 bits per heavy atom. The van der Waals surface area contributed by atoms with Gasteiger partial charge in [-0.15, -0.1) is 12.4 Å². The van der Waals surface area contributed by atoms with Crippen molar-refractivity contribution in [2.24, 2.45) is 5.73 Å². The Morgan fingerprint density at radius 1 is 1.40 bits per heavy atom. The molecule has 1 atom stereocenters. The van der Waals surface area contributed by atoms with E-state index in [1.165, 1.54) is 0 Å². The fourth-order valence-electron chi connectivity index (χ4n) is 0.949. The highest BCUT2D eigenvalue weighted by Crippen LogP contribution is 2.00. The number of carboxylic acid groups (broad SMARTS) is 1. The highest BCUT2D eigenvalue weighted by Gasteiger charge is 2.10. The van der Waals surface area contributed by atoms with E-state index in [9.17, 15) is 4.79 Å². The van der Waals surface area contributed by atoms with Crippen molar-refractivity contribution >= 4 is 18.4 Å². The second kappa shape index (κ2) is 7.23. The summed E-state index contributed by atoms with van der Waals surface area (Å²) in [6, 6.07) is 8.58. The molecule has 0 aliphatic rings. The molecule has 0 spiro atoms. The van der Waals surface area contributed by atoms with E-state index in [1.54, 1.807) is 0 Å². The van der Waals surface area contributed by atoms with Crippen LogP contribution in [0.3, 0.4) is 0 Å². The van der Waals surface area contributed by atoms with Gasteiger partial charge in [0.15, 0.2) is 0 Å². The van der Waals surface area contributed by atoms with E-state index < -0.39 is 12.0 Å². The predicted octanol–water partition coefficient (Wildman–Crippen LogP) is 1.04. The summed E-state index contributed by atoms with van der Waals surface area (Å²) >= 11 is 0. The summed E-state index contributed by atoms with van der Waals surface area (Å²) in [6.07, 6.45) is 0. The summed E-state index contributed by atoms with van der Waals surface area (Å²) in [5.41, 5.74) is 6.26. The standard InChI is InChI=1S/C10H13NO3.ClH/c11-9(10(12)13)7-14-6-8-4-2-1-3-5-8;/h1-5,9H,6-7,11H2,(H,12,13);1H. The number of ether oxygens (including phenoxy) is 1. The van der Waals surface area contributed by atoms with Crippen LogP contribution in [0.15, 0.2) is 30.3 Å². The molecular weight excluding hydrogens is 218 g/mol. The fourth-order valence-corrected chi connectivity index (χ4v) is 0.949. The number of rotatable bonds is 5. The second-order valence-corrected chi connectivity index (χ2v) is 2.95. The lowest BCUT2D eigenvalue weighted by Crippen LogP contribution is -2.34. The van der Waals surface area contributed by atoms with Crippen molar-refractivity contribution in [2.75, 3.05) is 6.61 Å². The molecule has 0 heterocycles. The molecule has 0 aliphatic heterocycles. The van der Waals surface area contributed by atoms with Crippen molar-refractivity contribution < 1.29 is 14.6 Å². The van der Waals surface area contributed by atoms with E-state index >= 15 is 0 Å². The summed E-state index contributed by atoms with van der Waals surface area (Å²) in [6.45, 7) is 0.423. The van der Waals surface area contributed by atoms with E-state index in [2.05, 4.69) is 0 Å². The molecule has 0 saturated carbocycles. The molecule has 84 valence electrons. The first-order valence-corrected chi connectivity index (χ1v) is 4.30. The molecule has 0 bridgehead atoms. The first-order chi connectivity index (χ1) is 6.70. The normalized spacial score (nSPS) is 11.5. The minimum Gasteiger partial charge on any atom is -0.480 e. The molecule has 5 heteroatoms. The van der Waals surface area contributed by atoms with Crippen molar-refractivity contribution in [1.29, 1.82) is 0 Å². The Labute approximate surface area is 94.5 Å². The van der Waals surface area contributed by atoms with Crippen LogP contribution in [0.2, 0.25) is 0 Å². The fraction of sp³-hybridized carbons (Fsp3) is 0.300. The van der Waals surface area contributed by atoms with Gasteiger partial charge in [-0.1, -0.05) is 30.3 Å². The molecule has 1 aromatic rings. The number of carbonyl (C=O) groups is 1. The number of halogens is 1. The van der Waals surface area contributed by atoms with Gasteiger partial charge in [-0.25, -0.2) is 0 Å². The van der Waals surface area contributed by atoms with Crippen LogP contribution in [-0.2, 0) is 16.1 Å². The van der Waals surface area contributed by atoms with E-state index in [1.807, 2.05) is 30.3 Å². The van der Waals surface area contributed by atoms with Gasteiger partial charge >= 0.3 is 5.97 Å². The molecule has 3 N–H and O–H groups in total. The zero-order valence-corrected chi connectivity index (χ0v) is 8.94. The molecule has 1 aromatic carbocycles. The van der Waals surface area contributed by atoms with Crippen molar-refractivity contribution in [3.63, 3.8) is 0 Å². The smallest absolute Gasteiger partial charge is 0.322 e. The van der Waals surface area contributed by atoms with Gasteiger partial charge in [0.1, 0.15) is 6.04 Å². The third kappa shape index (κ3) is 5.37. The van der Waals surface area contributed by atoms with Gasteiger partial charge in [-0.2, -0.15) is 0 Å². The van der Waals surface area contributed by atoms with E-state index in [0.29, 0.717) is 6.61 Å². The van der Waals surface area contributed by atoms with Crippen LogP contribution >= 0.6 is 12.4 Å². The maximum atomic E-state index is 10.3. The number of nitrogens with two attached hydrogens (primary N) is 1. The van der Waals surface area contributed by atoms with Crippen LogP contribution in [0.4, 0.5) is 0 Å². The zero-order chi connectivity index (χ0) is 10.4. The van der Waals surface area contributed by atoms with E-state index in [0.717, 1.165) is 5.56 Å². The van der Waals surface area contributed by atoms with E-state index in [-0.39, 0.29) is 19.0 Å². The number of aliphatic carboxylic acids is 1. The molecule has 15 heavy (non-hydrogen) atoms. The molecule has 1 rings (SSSR count). The Morgan fingerprint density at radius 3 is 2.53 bits per heavy atom. The number of benzene rings is 1. The van der Waals surface area contributed by atoms with Crippen LogP contribution in [0, 0.1) is 0 Å². The van der Waals surface area contributed by atoms with Crippen molar-refractivity contribution in [3.05, 3.63) is 35.9 Å². The van der Waals surface area contributed by atoms with Gasteiger partial charge in [-0.3, -0.25) is 4.79 Å². The van der Waals surface area contributed by atoms with Crippen LogP contribution in [-0.4, -0.2) is 23.7 Å². The van der Waals surface area contributed by atoms with Crippen molar-refractivity contribution in [2.45, 2.75) is 12.6 Å². The lowest BCUT2D eigenvalue weighted by Gasteiger charge is -2.07. The van der Waals surface area contributed by atoms with Gasteiger partial charge < -0.3 is 15.6 Å². The minimum absolute atomic E-state index is 0. The zero-order valence-electron chi connectivity index (χ0n) is 8.13. The summed E-state index contributed by atoms with van der Waals surface area (Å²) in [5.74, 6) is -1.04. The third-order valence-electron chi connectivity index (χ3n) is 1.73. The SMILES string of the molecule is Cl.NC(COCc1ccccc1)C(=O)O. The highest BCUT2D eigenvalue weighted by atomic mass is 35.5. The molecule has 1 unspecified atom stereocenters. The summed E-state index contributed by atoms with van der Waals surface area (Å²) in [5, 5.41) is 8.47. The number of hydrogen-bond acceptors (Lipinski definition) is 3. The van der Waals surface area contributed by atoms with Crippen molar-refractivity contribution in [3.8, 4) is 0 Å². The van der Waals surface area contributed by atoms with Gasteiger partial charge in [0.05, 0.1) is 13.2 Å². The van der Waals surface area contributed by atoms with Crippen LogP contribution < -0.4 is 5.73 Å². The Hall–Kier alpha value is -1.10. The molecule has 0 radical (unpaired) electrons. The van der Waals surface area contributed by atoms with Crippen LogP contribution in [0.5, 0.6) is 0 Å². The summed E-state index contributed by atoms with van der Waals surface area (Å²) in [4.78, 5) is 10.3. The van der Waals surface area contributed by atoms with Gasteiger partial charge in [0.25, 0.3) is 0 Å². The molecule has 0 aromatic heterocycles. The molecule has 0 saturated heterocycles. The maximum absolute atomic E-state index is 10.3. The maximum Gasteiger partial charge on any atom is 0.322 e. The molecular formula is C10H14ClNO3. The largest absolute Gasteiger partial charge is 0.480 e. The average molecular weight is 232 g/mol. The molecule has 0 amide bonds. The van der Waals surface area contributed by atoms with Gasteiger partial charge in [0.2, 0.25) is 0 Å². The lowest BCUT2D eigenvalue weighted by molar-refractivity contribution is -0.140. The number of hydrogen-bond donors (Lipinski definition) is 2. The average Bonchev–Trinajstić information content (AvgIpc) is 2.19. The number of carboxylic acids is 1. The van der Waals surface area contributed by atoms with Crippen molar-refractivity contribution in [1.82, 2.24) is 0 Å². The Bertz CT molecular complexity index is 292. The second-order valence-electron chi connectivity index (χ2n) is 2.95. The van der Waals surface area contributed by atoms with Crippen LogP contribution in [0.25, 0.3) is 0 Å². The third-order valence-corrected chi connectivity index (χ3v) is 1.73. The molecule has 0 aliphatic carbocycles. The quantitative estimate of drug-likeness (QED) is 0.794. The Balaban J connectivity index is 0.00000196. The summed E-state index contributed by atoms with van der Waals surface area (Å²) < 4.78 is 5.14. The van der Waals surface area contributed by atoms with Crippen LogP contribution in [0.1, 0.15) is 5.56 Å².